The quantitative estimate of drug-likeness (QED) is 0.655. The van der Waals surface area contributed by atoms with Crippen LogP contribution in [0.3, 0.4) is 0 Å². The molecule has 0 amide bonds. The SMILES string of the molecule is CC(C)n1c(COc2cccc(F)c2)cc2ccc(F)cc21. The third-order valence-electron chi connectivity index (χ3n) is 3.58. The summed E-state index contributed by atoms with van der Waals surface area (Å²) in [4.78, 5) is 0. The summed E-state index contributed by atoms with van der Waals surface area (Å²) in [5, 5.41) is 0.966. The van der Waals surface area contributed by atoms with E-state index in [-0.39, 0.29) is 17.7 Å². The molecule has 0 atom stereocenters. The van der Waals surface area contributed by atoms with Crippen LogP contribution in [0, 0.1) is 11.6 Å². The van der Waals surface area contributed by atoms with Crippen molar-refractivity contribution in [1.29, 1.82) is 0 Å². The van der Waals surface area contributed by atoms with Crippen molar-refractivity contribution < 1.29 is 13.5 Å². The Hall–Kier alpha value is -2.36. The van der Waals surface area contributed by atoms with Crippen molar-refractivity contribution in [3.8, 4) is 5.75 Å². The lowest BCUT2D eigenvalue weighted by atomic mass is 10.2. The number of rotatable bonds is 4. The van der Waals surface area contributed by atoms with Gasteiger partial charge in [0.1, 0.15) is 24.0 Å². The maximum atomic E-state index is 13.5. The summed E-state index contributed by atoms with van der Waals surface area (Å²) in [6, 6.07) is 12.9. The van der Waals surface area contributed by atoms with Gasteiger partial charge in [-0.1, -0.05) is 6.07 Å². The van der Waals surface area contributed by atoms with Crippen molar-refractivity contribution in [2.75, 3.05) is 0 Å². The molecule has 4 heteroatoms. The monoisotopic (exact) mass is 301 g/mol. The molecule has 0 radical (unpaired) electrons. The second kappa shape index (κ2) is 5.79. The fourth-order valence-electron chi connectivity index (χ4n) is 2.69. The van der Waals surface area contributed by atoms with Crippen molar-refractivity contribution >= 4 is 10.9 Å². The number of hydrogen-bond acceptors (Lipinski definition) is 1. The van der Waals surface area contributed by atoms with Crippen LogP contribution < -0.4 is 4.74 Å². The first kappa shape index (κ1) is 14.6. The van der Waals surface area contributed by atoms with Gasteiger partial charge in [-0.2, -0.15) is 0 Å². The van der Waals surface area contributed by atoms with Crippen LogP contribution in [0.4, 0.5) is 8.78 Å². The van der Waals surface area contributed by atoms with Gasteiger partial charge in [0.05, 0.1) is 11.2 Å². The van der Waals surface area contributed by atoms with Crippen LogP contribution in [-0.2, 0) is 6.61 Å². The summed E-state index contributed by atoms with van der Waals surface area (Å²) in [7, 11) is 0. The van der Waals surface area contributed by atoms with E-state index < -0.39 is 0 Å². The zero-order valence-electron chi connectivity index (χ0n) is 12.5. The standard InChI is InChI=1S/C18H17F2NO/c1-12(2)21-16(8-13-6-7-15(20)10-18(13)21)11-22-17-5-3-4-14(19)9-17/h3-10,12H,11H2,1-2H3. The number of aromatic nitrogens is 1. The van der Waals surface area contributed by atoms with Crippen LogP contribution >= 0.6 is 0 Å². The number of ether oxygens (including phenoxy) is 1. The average molecular weight is 301 g/mol. The Kier molecular flexibility index (Phi) is 3.84. The van der Waals surface area contributed by atoms with Crippen LogP contribution in [0.2, 0.25) is 0 Å². The molecule has 1 aromatic heterocycles. The summed E-state index contributed by atoms with van der Waals surface area (Å²) >= 11 is 0. The molecule has 114 valence electrons. The second-order valence-corrected chi connectivity index (χ2v) is 5.55. The fourth-order valence-corrected chi connectivity index (χ4v) is 2.69. The maximum Gasteiger partial charge on any atom is 0.128 e. The van der Waals surface area contributed by atoms with E-state index in [0.717, 1.165) is 16.6 Å². The van der Waals surface area contributed by atoms with Crippen LogP contribution in [0.1, 0.15) is 25.6 Å². The molecule has 0 spiro atoms. The first-order valence-electron chi connectivity index (χ1n) is 7.22. The molecule has 0 aliphatic rings. The third kappa shape index (κ3) is 2.82. The third-order valence-corrected chi connectivity index (χ3v) is 3.58. The molecule has 0 bridgehead atoms. The first-order chi connectivity index (χ1) is 10.5. The summed E-state index contributed by atoms with van der Waals surface area (Å²) in [5.74, 6) is -0.110. The predicted octanol–water partition coefficient (Wildman–Crippen LogP) is 5.08. The lowest BCUT2D eigenvalue weighted by molar-refractivity contribution is 0.291. The molecule has 0 saturated carbocycles. The van der Waals surface area contributed by atoms with Gasteiger partial charge in [-0.25, -0.2) is 8.78 Å². The van der Waals surface area contributed by atoms with Gasteiger partial charge in [0.2, 0.25) is 0 Å². The average Bonchev–Trinajstić information content (AvgIpc) is 2.83. The van der Waals surface area contributed by atoms with E-state index in [2.05, 4.69) is 0 Å². The molecule has 0 N–H and O–H groups in total. The van der Waals surface area contributed by atoms with Crippen molar-refractivity contribution in [2.24, 2.45) is 0 Å². The molecule has 1 heterocycles. The van der Waals surface area contributed by atoms with Gasteiger partial charge in [0.15, 0.2) is 0 Å². The molecule has 2 aromatic carbocycles. The van der Waals surface area contributed by atoms with Gasteiger partial charge in [0, 0.05) is 17.5 Å². The highest BCUT2D eigenvalue weighted by molar-refractivity contribution is 5.81. The number of fused-ring (bicyclic) bond motifs is 1. The molecular formula is C18H17F2NO. The van der Waals surface area contributed by atoms with Gasteiger partial charge >= 0.3 is 0 Å². The Morgan fingerprint density at radius 3 is 2.50 bits per heavy atom. The molecule has 0 unspecified atom stereocenters. The van der Waals surface area contributed by atoms with Gasteiger partial charge in [-0.3, -0.25) is 0 Å². The molecule has 0 saturated heterocycles. The Morgan fingerprint density at radius 1 is 1.00 bits per heavy atom. The molecule has 2 nitrogen and oxygen atoms in total. The van der Waals surface area contributed by atoms with E-state index >= 15 is 0 Å². The highest BCUT2D eigenvalue weighted by atomic mass is 19.1. The predicted molar refractivity (Wildman–Crippen MR) is 83.0 cm³/mol. The van der Waals surface area contributed by atoms with E-state index in [1.54, 1.807) is 18.2 Å². The van der Waals surface area contributed by atoms with Gasteiger partial charge in [-0.15, -0.1) is 0 Å². The molecule has 3 rings (SSSR count). The molecule has 3 aromatic rings. The number of halogens is 2. The summed E-state index contributed by atoms with van der Waals surface area (Å²) in [5.41, 5.74) is 1.77. The Balaban J connectivity index is 1.94. The van der Waals surface area contributed by atoms with Crippen LogP contribution in [0.15, 0.2) is 48.5 Å². The van der Waals surface area contributed by atoms with Crippen LogP contribution in [0.5, 0.6) is 5.75 Å². The van der Waals surface area contributed by atoms with E-state index in [1.165, 1.54) is 24.3 Å². The summed E-state index contributed by atoms with van der Waals surface area (Å²) in [6.07, 6.45) is 0. The normalized spacial score (nSPS) is 11.3. The zero-order chi connectivity index (χ0) is 15.7. The first-order valence-corrected chi connectivity index (χ1v) is 7.22. The second-order valence-electron chi connectivity index (χ2n) is 5.55. The topological polar surface area (TPSA) is 14.2 Å². The minimum Gasteiger partial charge on any atom is -0.487 e. The molecule has 0 aliphatic heterocycles. The zero-order valence-corrected chi connectivity index (χ0v) is 12.5. The maximum absolute atomic E-state index is 13.5. The van der Waals surface area contributed by atoms with Crippen molar-refractivity contribution in [3.05, 3.63) is 65.9 Å². The largest absolute Gasteiger partial charge is 0.487 e. The Morgan fingerprint density at radius 2 is 1.77 bits per heavy atom. The molecule has 22 heavy (non-hydrogen) atoms. The highest BCUT2D eigenvalue weighted by Crippen LogP contribution is 2.26. The van der Waals surface area contributed by atoms with Crippen LogP contribution in [0.25, 0.3) is 10.9 Å². The molecular weight excluding hydrogens is 284 g/mol. The van der Waals surface area contributed by atoms with Gasteiger partial charge < -0.3 is 9.30 Å². The van der Waals surface area contributed by atoms with E-state index in [9.17, 15) is 8.78 Å². The Bertz CT molecular complexity index is 808. The minimum atomic E-state index is -0.330. The van der Waals surface area contributed by atoms with Crippen molar-refractivity contribution in [2.45, 2.75) is 26.5 Å². The van der Waals surface area contributed by atoms with Crippen LogP contribution in [-0.4, -0.2) is 4.57 Å². The Labute approximate surface area is 127 Å². The summed E-state index contributed by atoms with van der Waals surface area (Å²) in [6.45, 7) is 4.38. The smallest absolute Gasteiger partial charge is 0.128 e. The van der Waals surface area contributed by atoms with E-state index in [4.69, 9.17) is 4.74 Å². The van der Waals surface area contributed by atoms with E-state index in [1.807, 2.05) is 24.5 Å². The van der Waals surface area contributed by atoms with Crippen molar-refractivity contribution in [3.63, 3.8) is 0 Å². The highest BCUT2D eigenvalue weighted by Gasteiger charge is 2.13. The minimum absolute atomic E-state index is 0.172. The lowest BCUT2D eigenvalue weighted by Crippen LogP contribution is -2.08. The summed E-state index contributed by atoms with van der Waals surface area (Å²) < 4.78 is 34.4. The number of nitrogens with zero attached hydrogens (tertiary/aromatic N) is 1. The van der Waals surface area contributed by atoms with Gasteiger partial charge in [-0.05, 0) is 50.2 Å². The number of benzene rings is 2. The van der Waals surface area contributed by atoms with E-state index in [0.29, 0.717) is 12.4 Å². The van der Waals surface area contributed by atoms with Gasteiger partial charge in [0.25, 0.3) is 0 Å². The fraction of sp³-hybridized carbons (Fsp3) is 0.222. The van der Waals surface area contributed by atoms with Crippen molar-refractivity contribution in [1.82, 2.24) is 4.57 Å². The number of hydrogen-bond donors (Lipinski definition) is 0. The lowest BCUT2D eigenvalue weighted by Gasteiger charge is -2.15. The molecule has 0 fully saturated rings. The molecule has 0 aliphatic carbocycles.